The molecule has 7 heteroatoms. The number of anilines is 2. The number of ether oxygens (including phenoxy) is 2. The van der Waals surface area contributed by atoms with Gasteiger partial charge in [-0.25, -0.2) is 0 Å². The molecule has 150 valence electrons. The maximum absolute atomic E-state index is 12.3. The Morgan fingerprint density at radius 1 is 0.966 bits per heavy atom. The van der Waals surface area contributed by atoms with E-state index in [0.29, 0.717) is 18.1 Å². The Balaban J connectivity index is 1.55. The van der Waals surface area contributed by atoms with Crippen molar-refractivity contribution in [3.63, 3.8) is 0 Å². The van der Waals surface area contributed by atoms with Crippen molar-refractivity contribution in [1.29, 1.82) is 0 Å². The van der Waals surface area contributed by atoms with Gasteiger partial charge in [-0.1, -0.05) is 18.2 Å². The molecule has 0 bridgehead atoms. The molecule has 1 aromatic heterocycles. The topological polar surface area (TPSA) is 85.4 Å². The van der Waals surface area contributed by atoms with Crippen LogP contribution in [0.1, 0.15) is 21.6 Å². The standard InChI is InChI=1S/C22H24N4O3/c1-15-4-10-20(29-3)19(14-15)24-21-11-9-18(25-26-21)22(27)23-13-12-16-5-7-17(28-2)8-6-16/h4-11,14H,12-13H2,1-3H3,(H,23,27)(H,24,26). The van der Waals surface area contributed by atoms with Gasteiger partial charge in [0.05, 0.1) is 19.9 Å². The van der Waals surface area contributed by atoms with E-state index in [1.165, 1.54) is 0 Å². The summed E-state index contributed by atoms with van der Waals surface area (Å²) in [5, 5.41) is 14.1. The van der Waals surface area contributed by atoms with Crippen molar-refractivity contribution in [2.24, 2.45) is 0 Å². The molecule has 0 spiro atoms. The summed E-state index contributed by atoms with van der Waals surface area (Å²) in [5.41, 5.74) is 3.26. The van der Waals surface area contributed by atoms with Crippen molar-refractivity contribution in [3.05, 3.63) is 71.4 Å². The average Bonchev–Trinajstić information content (AvgIpc) is 2.75. The van der Waals surface area contributed by atoms with E-state index in [-0.39, 0.29) is 11.6 Å². The van der Waals surface area contributed by atoms with Crippen LogP contribution in [0.4, 0.5) is 11.5 Å². The number of hydrogen-bond acceptors (Lipinski definition) is 6. The zero-order valence-corrected chi connectivity index (χ0v) is 16.7. The first-order valence-electron chi connectivity index (χ1n) is 9.25. The van der Waals surface area contributed by atoms with E-state index in [0.717, 1.165) is 29.0 Å². The Labute approximate surface area is 170 Å². The quantitative estimate of drug-likeness (QED) is 0.610. The van der Waals surface area contributed by atoms with E-state index in [1.807, 2.05) is 49.4 Å². The van der Waals surface area contributed by atoms with Crippen molar-refractivity contribution in [2.75, 3.05) is 26.1 Å². The highest BCUT2D eigenvalue weighted by Gasteiger charge is 2.09. The largest absolute Gasteiger partial charge is 0.497 e. The molecule has 0 atom stereocenters. The van der Waals surface area contributed by atoms with Crippen LogP contribution in [0.2, 0.25) is 0 Å². The number of carbonyl (C=O) groups excluding carboxylic acids is 1. The molecule has 0 unspecified atom stereocenters. The molecule has 1 heterocycles. The molecular formula is C22H24N4O3. The van der Waals surface area contributed by atoms with E-state index in [4.69, 9.17) is 9.47 Å². The number of hydrogen-bond donors (Lipinski definition) is 2. The lowest BCUT2D eigenvalue weighted by Gasteiger charge is -2.11. The van der Waals surface area contributed by atoms with E-state index in [1.54, 1.807) is 26.4 Å². The zero-order chi connectivity index (χ0) is 20.6. The van der Waals surface area contributed by atoms with Crippen LogP contribution in [0.25, 0.3) is 0 Å². The van der Waals surface area contributed by atoms with E-state index in [2.05, 4.69) is 20.8 Å². The molecule has 0 aliphatic carbocycles. The average molecular weight is 392 g/mol. The smallest absolute Gasteiger partial charge is 0.271 e. The Kier molecular flexibility index (Phi) is 6.63. The fraction of sp³-hybridized carbons (Fsp3) is 0.227. The number of nitrogens with zero attached hydrogens (tertiary/aromatic N) is 2. The third kappa shape index (κ3) is 5.44. The van der Waals surface area contributed by atoms with Gasteiger partial charge in [0.25, 0.3) is 5.91 Å². The highest BCUT2D eigenvalue weighted by Crippen LogP contribution is 2.27. The fourth-order valence-corrected chi connectivity index (χ4v) is 2.78. The highest BCUT2D eigenvalue weighted by atomic mass is 16.5. The maximum Gasteiger partial charge on any atom is 0.271 e. The molecule has 2 N–H and O–H groups in total. The zero-order valence-electron chi connectivity index (χ0n) is 16.7. The first kappa shape index (κ1) is 20.1. The lowest BCUT2D eigenvalue weighted by molar-refractivity contribution is 0.0948. The SMILES string of the molecule is COc1ccc(CCNC(=O)c2ccc(Nc3cc(C)ccc3OC)nn2)cc1. The van der Waals surface area contributed by atoms with Crippen LogP contribution in [-0.2, 0) is 6.42 Å². The molecule has 0 saturated heterocycles. The van der Waals surface area contributed by atoms with Gasteiger partial charge in [0, 0.05) is 6.54 Å². The molecule has 0 saturated carbocycles. The van der Waals surface area contributed by atoms with E-state index >= 15 is 0 Å². The summed E-state index contributed by atoms with van der Waals surface area (Å²) in [4.78, 5) is 12.3. The van der Waals surface area contributed by atoms with Crippen molar-refractivity contribution < 1.29 is 14.3 Å². The summed E-state index contributed by atoms with van der Waals surface area (Å²) < 4.78 is 10.5. The monoisotopic (exact) mass is 392 g/mol. The van der Waals surface area contributed by atoms with Crippen molar-refractivity contribution in [1.82, 2.24) is 15.5 Å². The van der Waals surface area contributed by atoms with Gasteiger partial charge in [-0.3, -0.25) is 4.79 Å². The van der Waals surface area contributed by atoms with Crippen LogP contribution in [0.15, 0.2) is 54.6 Å². The first-order valence-corrected chi connectivity index (χ1v) is 9.25. The fourth-order valence-electron chi connectivity index (χ4n) is 2.78. The van der Waals surface area contributed by atoms with Crippen LogP contribution >= 0.6 is 0 Å². The Bertz CT molecular complexity index is 957. The second-order valence-corrected chi connectivity index (χ2v) is 6.49. The second kappa shape index (κ2) is 9.54. The third-order valence-electron chi connectivity index (χ3n) is 4.37. The molecule has 3 rings (SSSR count). The van der Waals surface area contributed by atoms with E-state index in [9.17, 15) is 4.79 Å². The normalized spacial score (nSPS) is 10.3. The molecule has 0 aliphatic heterocycles. The Morgan fingerprint density at radius 3 is 2.41 bits per heavy atom. The predicted molar refractivity (Wildman–Crippen MR) is 112 cm³/mol. The number of aryl methyl sites for hydroxylation is 1. The van der Waals surface area contributed by atoms with Crippen molar-refractivity contribution in [2.45, 2.75) is 13.3 Å². The minimum Gasteiger partial charge on any atom is -0.497 e. The van der Waals surface area contributed by atoms with Gasteiger partial charge in [0.2, 0.25) is 0 Å². The van der Waals surface area contributed by atoms with Crippen molar-refractivity contribution in [3.8, 4) is 11.5 Å². The summed E-state index contributed by atoms with van der Waals surface area (Å²) in [6.07, 6.45) is 0.718. The van der Waals surface area contributed by atoms with Gasteiger partial charge in [-0.15, -0.1) is 10.2 Å². The summed E-state index contributed by atoms with van der Waals surface area (Å²) in [5.74, 6) is 1.79. The minimum atomic E-state index is -0.259. The maximum atomic E-state index is 12.3. The van der Waals surface area contributed by atoms with Crippen LogP contribution < -0.4 is 20.1 Å². The lowest BCUT2D eigenvalue weighted by Crippen LogP contribution is -2.26. The van der Waals surface area contributed by atoms with Crippen LogP contribution in [0.5, 0.6) is 11.5 Å². The number of carbonyl (C=O) groups is 1. The van der Waals surface area contributed by atoms with Gasteiger partial charge < -0.3 is 20.1 Å². The molecular weight excluding hydrogens is 368 g/mol. The summed E-state index contributed by atoms with van der Waals surface area (Å²) in [6.45, 7) is 2.50. The van der Waals surface area contributed by atoms with Crippen molar-refractivity contribution >= 4 is 17.4 Å². The van der Waals surface area contributed by atoms with Crippen LogP contribution in [0, 0.1) is 6.92 Å². The Morgan fingerprint density at radius 2 is 1.76 bits per heavy atom. The minimum absolute atomic E-state index is 0.259. The Hall–Kier alpha value is -3.61. The number of aromatic nitrogens is 2. The number of benzene rings is 2. The number of rotatable bonds is 8. The summed E-state index contributed by atoms with van der Waals surface area (Å²) >= 11 is 0. The molecule has 0 radical (unpaired) electrons. The molecule has 0 fully saturated rings. The van der Waals surface area contributed by atoms with Crippen LogP contribution in [0.3, 0.4) is 0 Å². The lowest BCUT2D eigenvalue weighted by atomic mass is 10.1. The first-order chi connectivity index (χ1) is 14.1. The molecule has 3 aromatic rings. The number of amides is 1. The third-order valence-corrected chi connectivity index (χ3v) is 4.37. The second-order valence-electron chi connectivity index (χ2n) is 6.49. The van der Waals surface area contributed by atoms with Gasteiger partial charge in [0.1, 0.15) is 11.5 Å². The van der Waals surface area contributed by atoms with Gasteiger partial charge in [-0.05, 0) is 60.9 Å². The van der Waals surface area contributed by atoms with Gasteiger partial charge in [-0.2, -0.15) is 0 Å². The predicted octanol–water partition coefficient (Wildman–Crippen LogP) is 3.52. The highest BCUT2D eigenvalue weighted by molar-refractivity contribution is 5.92. The van der Waals surface area contributed by atoms with E-state index < -0.39 is 0 Å². The molecule has 0 aliphatic rings. The number of methoxy groups -OCH3 is 2. The summed E-state index contributed by atoms with van der Waals surface area (Å²) in [7, 11) is 3.25. The number of nitrogens with one attached hydrogen (secondary N) is 2. The van der Waals surface area contributed by atoms with Crippen LogP contribution in [-0.4, -0.2) is 36.9 Å². The molecule has 29 heavy (non-hydrogen) atoms. The summed E-state index contributed by atoms with van der Waals surface area (Å²) in [6, 6.07) is 16.9. The molecule has 1 amide bonds. The van der Waals surface area contributed by atoms with Gasteiger partial charge >= 0.3 is 0 Å². The van der Waals surface area contributed by atoms with Gasteiger partial charge in [0.15, 0.2) is 11.5 Å². The molecule has 2 aromatic carbocycles. The molecule has 7 nitrogen and oxygen atoms in total.